The first-order valence-electron chi connectivity index (χ1n) is 10.8. The van der Waals surface area contributed by atoms with Crippen LogP contribution in [0, 0.1) is 0 Å². The third-order valence-corrected chi connectivity index (χ3v) is 6.25. The van der Waals surface area contributed by atoms with Gasteiger partial charge in [-0.25, -0.2) is 4.98 Å². The summed E-state index contributed by atoms with van der Waals surface area (Å²) in [5, 5.41) is 0.536. The SMILES string of the molecule is CCN(CC)C(=O)Cn1c([C@H]2CC(=O)N(c3cc(Cl)ccc3OC)C2)nc2ccccc21. The molecule has 1 atom stereocenters. The molecule has 0 bridgehead atoms. The molecule has 0 aliphatic carbocycles. The summed E-state index contributed by atoms with van der Waals surface area (Å²) in [6.45, 7) is 5.89. The fourth-order valence-electron chi connectivity index (χ4n) is 4.37. The zero-order chi connectivity index (χ0) is 22.8. The van der Waals surface area contributed by atoms with Crippen molar-refractivity contribution in [3.63, 3.8) is 0 Å². The topological polar surface area (TPSA) is 67.7 Å². The molecule has 7 nitrogen and oxygen atoms in total. The molecule has 4 rings (SSSR count). The van der Waals surface area contributed by atoms with Crippen LogP contribution in [0.4, 0.5) is 5.69 Å². The number of methoxy groups -OCH3 is 1. The number of aromatic nitrogens is 2. The Morgan fingerprint density at radius 2 is 1.97 bits per heavy atom. The molecule has 2 heterocycles. The number of hydrogen-bond acceptors (Lipinski definition) is 4. The van der Waals surface area contributed by atoms with Gasteiger partial charge in [0.05, 0.1) is 23.8 Å². The van der Waals surface area contributed by atoms with E-state index in [4.69, 9.17) is 21.3 Å². The number of imidazole rings is 1. The third-order valence-electron chi connectivity index (χ3n) is 6.02. The maximum absolute atomic E-state index is 13.0. The molecule has 0 unspecified atom stereocenters. The summed E-state index contributed by atoms with van der Waals surface area (Å²) in [6.07, 6.45) is 0.304. The normalized spacial score (nSPS) is 16.1. The van der Waals surface area contributed by atoms with E-state index in [1.54, 1.807) is 30.2 Å². The van der Waals surface area contributed by atoms with Gasteiger partial charge in [-0.15, -0.1) is 0 Å². The van der Waals surface area contributed by atoms with Crippen molar-refractivity contribution in [2.24, 2.45) is 0 Å². The van der Waals surface area contributed by atoms with Crippen LogP contribution in [0.15, 0.2) is 42.5 Å². The number of fused-ring (bicyclic) bond motifs is 1. The van der Waals surface area contributed by atoms with Crippen LogP contribution in [0.2, 0.25) is 5.02 Å². The second-order valence-corrected chi connectivity index (χ2v) is 8.27. The number of anilines is 1. The van der Waals surface area contributed by atoms with E-state index in [0.29, 0.717) is 42.5 Å². The van der Waals surface area contributed by atoms with Gasteiger partial charge in [0.25, 0.3) is 0 Å². The first-order chi connectivity index (χ1) is 15.5. The molecule has 2 aromatic carbocycles. The van der Waals surface area contributed by atoms with E-state index in [1.165, 1.54) is 0 Å². The first-order valence-corrected chi connectivity index (χ1v) is 11.2. The minimum atomic E-state index is -0.150. The zero-order valence-corrected chi connectivity index (χ0v) is 19.3. The van der Waals surface area contributed by atoms with Gasteiger partial charge in [-0.1, -0.05) is 23.7 Å². The van der Waals surface area contributed by atoms with Gasteiger partial charge in [-0.2, -0.15) is 0 Å². The Kier molecular flexibility index (Phi) is 6.37. The Morgan fingerprint density at radius 1 is 1.22 bits per heavy atom. The molecular weight excluding hydrogens is 428 g/mol. The third kappa shape index (κ3) is 4.05. The molecule has 1 aliphatic rings. The minimum Gasteiger partial charge on any atom is -0.495 e. The molecule has 0 N–H and O–H groups in total. The summed E-state index contributed by atoms with van der Waals surface area (Å²) < 4.78 is 7.42. The highest BCUT2D eigenvalue weighted by molar-refractivity contribution is 6.31. The van der Waals surface area contributed by atoms with Gasteiger partial charge in [0.15, 0.2) is 0 Å². The van der Waals surface area contributed by atoms with Crippen molar-refractivity contribution in [1.82, 2.24) is 14.5 Å². The quantitative estimate of drug-likeness (QED) is 0.539. The average Bonchev–Trinajstić information content (AvgIpc) is 3.35. The van der Waals surface area contributed by atoms with Gasteiger partial charge in [-0.05, 0) is 44.2 Å². The molecule has 0 radical (unpaired) electrons. The van der Waals surface area contributed by atoms with Crippen molar-refractivity contribution in [1.29, 1.82) is 0 Å². The molecule has 0 saturated carbocycles. The Labute approximate surface area is 192 Å². The Morgan fingerprint density at radius 3 is 2.69 bits per heavy atom. The lowest BCUT2D eigenvalue weighted by Crippen LogP contribution is -2.34. The summed E-state index contributed by atoms with van der Waals surface area (Å²) in [6, 6.07) is 13.0. The molecule has 32 heavy (non-hydrogen) atoms. The average molecular weight is 455 g/mol. The number of rotatable bonds is 7. The zero-order valence-electron chi connectivity index (χ0n) is 18.5. The summed E-state index contributed by atoms with van der Waals surface area (Å²) in [5.74, 6) is 1.21. The van der Waals surface area contributed by atoms with Crippen LogP contribution in [-0.4, -0.2) is 53.0 Å². The van der Waals surface area contributed by atoms with E-state index in [0.717, 1.165) is 16.9 Å². The van der Waals surface area contributed by atoms with Gasteiger partial charge >= 0.3 is 0 Å². The monoisotopic (exact) mass is 454 g/mol. The van der Waals surface area contributed by atoms with Crippen LogP contribution in [0.3, 0.4) is 0 Å². The summed E-state index contributed by atoms with van der Waals surface area (Å²) in [7, 11) is 1.57. The lowest BCUT2D eigenvalue weighted by atomic mass is 10.1. The van der Waals surface area contributed by atoms with Crippen LogP contribution in [0.25, 0.3) is 11.0 Å². The van der Waals surface area contributed by atoms with Crippen LogP contribution in [0.5, 0.6) is 5.75 Å². The molecule has 1 aromatic heterocycles. The Bertz CT molecular complexity index is 1160. The number of hydrogen-bond donors (Lipinski definition) is 0. The highest BCUT2D eigenvalue weighted by Crippen LogP contribution is 2.38. The fraction of sp³-hybridized carbons (Fsp3) is 0.375. The van der Waals surface area contributed by atoms with Crippen LogP contribution < -0.4 is 9.64 Å². The number of benzene rings is 2. The summed E-state index contributed by atoms with van der Waals surface area (Å²) in [4.78, 5) is 34.3. The van der Waals surface area contributed by atoms with Crippen molar-refractivity contribution in [2.75, 3.05) is 31.6 Å². The molecule has 0 spiro atoms. The number of carbonyl (C=O) groups excluding carboxylic acids is 2. The molecule has 1 saturated heterocycles. The first kappa shape index (κ1) is 22.1. The molecule has 2 amide bonds. The summed E-state index contributed by atoms with van der Waals surface area (Å²) >= 11 is 6.19. The van der Waals surface area contributed by atoms with Crippen molar-refractivity contribution in [3.05, 3.63) is 53.3 Å². The number of para-hydroxylation sites is 2. The fourth-order valence-corrected chi connectivity index (χ4v) is 4.54. The molecule has 168 valence electrons. The van der Waals surface area contributed by atoms with Gasteiger partial charge in [0, 0.05) is 37.0 Å². The number of halogens is 1. The molecule has 3 aromatic rings. The van der Waals surface area contributed by atoms with Gasteiger partial charge < -0.3 is 19.1 Å². The van der Waals surface area contributed by atoms with Crippen LogP contribution >= 0.6 is 11.6 Å². The number of likely N-dealkylation sites (N-methyl/N-ethyl adjacent to an activating group) is 1. The second-order valence-electron chi connectivity index (χ2n) is 7.83. The standard InChI is InChI=1S/C24H27ClN4O3/c1-4-27(5-2)23(31)15-29-19-9-7-6-8-18(19)26-24(29)16-12-22(30)28(14-16)20-13-17(25)10-11-21(20)32-3/h6-11,13,16H,4-5,12,14-15H2,1-3H3/t16-/m0/s1. The maximum Gasteiger partial charge on any atom is 0.242 e. The van der Waals surface area contributed by atoms with E-state index in [2.05, 4.69) is 0 Å². The predicted octanol–water partition coefficient (Wildman–Crippen LogP) is 4.09. The lowest BCUT2D eigenvalue weighted by Gasteiger charge is -2.21. The number of carbonyl (C=O) groups is 2. The number of nitrogens with zero attached hydrogens (tertiary/aromatic N) is 4. The minimum absolute atomic E-state index is 0.0238. The van der Waals surface area contributed by atoms with Crippen LogP contribution in [0.1, 0.15) is 32.0 Å². The van der Waals surface area contributed by atoms with E-state index >= 15 is 0 Å². The van der Waals surface area contributed by atoms with E-state index < -0.39 is 0 Å². The molecule has 8 heteroatoms. The molecular formula is C24H27ClN4O3. The van der Waals surface area contributed by atoms with Crippen LogP contribution in [-0.2, 0) is 16.1 Å². The Hall–Kier alpha value is -3.06. The van der Waals surface area contributed by atoms with Crippen molar-refractivity contribution in [2.45, 2.75) is 32.7 Å². The Balaban J connectivity index is 1.71. The number of ether oxygens (including phenoxy) is 1. The smallest absolute Gasteiger partial charge is 0.242 e. The van der Waals surface area contributed by atoms with Gasteiger partial charge in [0.2, 0.25) is 11.8 Å². The van der Waals surface area contributed by atoms with E-state index in [-0.39, 0.29) is 24.3 Å². The molecule has 1 fully saturated rings. The van der Waals surface area contributed by atoms with Crippen molar-refractivity contribution in [3.8, 4) is 5.75 Å². The van der Waals surface area contributed by atoms with E-state index in [9.17, 15) is 9.59 Å². The lowest BCUT2D eigenvalue weighted by molar-refractivity contribution is -0.131. The second kappa shape index (κ2) is 9.20. The molecule has 1 aliphatic heterocycles. The van der Waals surface area contributed by atoms with Crippen molar-refractivity contribution < 1.29 is 14.3 Å². The highest BCUT2D eigenvalue weighted by atomic mass is 35.5. The maximum atomic E-state index is 13.0. The largest absolute Gasteiger partial charge is 0.495 e. The van der Waals surface area contributed by atoms with Gasteiger partial charge in [0.1, 0.15) is 18.1 Å². The summed E-state index contributed by atoms with van der Waals surface area (Å²) in [5.41, 5.74) is 2.37. The van der Waals surface area contributed by atoms with Gasteiger partial charge in [-0.3, -0.25) is 9.59 Å². The predicted molar refractivity (Wildman–Crippen MR) is 125 cm³/mol. The van der Waals surface area contributed by atoms with Crippen molar-refractivity contribution >= 4 is 40.1 Å². The highest BCUT2D eigenvalue weighted by Gasteiger charge is 2.36. The van der Waals surface area contributed by atoms with E-state index in [1.807, 2.05) is 47.6 Å². The number of amides is 2.